The average Bonchev–Trinajstić information content (AvgIpc) is 3.27. The molecule has 20 heavy (non-hydrogen) atoms. The van der Waals surface area contributed by atoms with Crippen molar-refractivity contribution in [3.8, 4) is 0 Å². The summed E-state index contributed by atoms with van der Waals surface area (Å²) in [5.74, 6) is 0.631. The molecule has 1 saturated carbocycles. The fraction of sp³-hybridized carbons (Fsp3) is 0.647. The number of nitrogens with zero attached hydrogens (tertiary/aromatic N) is 1. The Kier molecular flexibility index (Phi) is 5.03. The zero-order valence-electron chi connectivity index (χ0n) is 13.1. The van der Waals surface area contributed by atoms with E-state index in [1.807, 2.05) is 19.2 Å². The van der Waals surface area contributed by atoms with E-state index in [9.17, 15) is 4.39 Å². The molecule has 2 unspecified atom stereocenters. The summed E-state index contributed by atoms with van der Waals surface area (Å²) in [6.45, 7) is 7.37. The molecule has 1 aromatic rings. The van der Waals surface area contributed by atoms with Crippen LogP contribution in [0.3, 0.4) is 0 Å². The van der Waals surface area contributed by atoms with E-state index in [2.05, 4.69) is 31.0 Å². The van der Waals surface area contributed by atoms with Gasteiger partial charge >= 0.3 is 0 Å². The molecule has 3 heteroatoms. The Morgan fingerprint density at radius 3 is 2.60 bits per heavy atom. The zero-order valence-corrected chi connectivity index (χ0v) is 13.1. The number of rotatable bonds is 7. The third kappa shape index (κ3) is 3.51. The Morgan fingerprint density at radius 2 is 2.05 bits per heavy atom. The van der Waals surface area contributed by atoms with E-state index in [1.54, 1.807) is 6.07 Å². The van der Waals surface area contributed by atoms with Gasteiger partial charge in [-0.3, -0.25) is 0 Å². The van der Waals surface area contributed by atoms with E-state index < -0.39 is 0 Å². The minimum Gasteiger partial charge on any atom is -0.369 e. The van der Waals surface area contributed by atoms with Crippen LogP contribution in [-0.2, 0) is 0 Å². The Morgan fingerprint density at radius 1 is 1.35 bits per heavy atom. The quantitative estimate of drug-likeness (QED) is 0.807. The van der Waals surface area contributed by atoms with E-state index >= 15 is 0 Å². The molecule has 0 saturated heterocycles. The second kappa shape index (κ2) is 6.57. The molecule has 1 fully saturated rings. The molecule has 1 aliphatic rings. The molecule has 1 N–H and O–H groups in total. The van der Waals surface area contributed by atoms with Gasteiger partial charge in [0.2, 0.25) is 0 Å². The summed E-state index contributed by atoms with van der Waals surface area (Å²) in [6.07, 6.45) is 3.65. The summed E-state index contributed by atoms with van der Waals surface area (Å²) >= 11 is 0. The number of halogens is 1. The lowest BCUT2D eigenvalue weighted by molar-refractivity contribution is 0.555. The summed E-state index contributed by atoms with van der Waals surface area (Å²) in [5.41, 5.74) is 1.74. The SMILES string of the molecule is CCCNC(C)c1ccc(N(C)C(C)C2CC2)c(F)c1. The predicted octanol–water partition coefficient (Wildman–Crippen LogP) is 4.12. The lowest BCUT2D eigenvalue weighted by Crippen LogP contribution is -2.31. The Bertz CT molecular complexity index is 443. The minimum atomic E-state index is -0.109. The zero-order chi connectivity index (χ0) is 14.7. The summed E-state index contributed by atoms with van der Waals surface area (Å²) in [4.78, 5) is 2.08. The first-order valence-corrected chi connectivity index (χ1v) is 7.80. The molecule has 0 bridgehead atoms. The highest BCUT2D eigenvalue weighted by atomic mass is 19.1. The third-order valence-corrected chi connectivity index (χ3v) is 4.47. The van der Waals surface area contributed by atoms with E-state index in [0.29, 0.717) is 6.04 Å². The molecule has 2 nitrogen and oxygen atoms in total. The van der Waals surface area contributed by atoms with Gasteiger partial charge in [0.1, 0.15) is 5.82 Å². The van der Waals surface area contributed by atoms with Crippen molar-refractivity contribution in [3.63, 3.8) is 0 Å². The molecule has 1 aromatic carbocycles. The van der Waals surface area contributed by atoms with Gasteiger partial charge in [-0.25, -0.2) is 4.39 Å². The maximum absolute atomic E-state index is 14.4. The van der Waals surface area contributed by atoms with Crippen LogP contribution in [0.25, 0.3) is 0 Å². The highest BCUT2D eigenvalue weighted by Gasteiger charge is 2.31. The van der Waals surface area contributed by atoms with Gasteiger partial charge in [0.25, 0.3) is 0 Å². The van der Waals surface area contributed by atoms with Crippen LogP contribution < -0.4 is 10.2 Å². The highest BCUT2D eigenvalue weighted by Crippen LogP contribution is 2.37. The first kappa shape index (κ1) is 15.3. The van der Waals surface area contributed by atoms with E-state index in [-0.39, 0.29) is 11.9 Å². The second-order valence-electron chi connectivity index (χ2n) is 6.08. The molecule has 0 heterocycles. The first-order valence-electron chi connectivity index (χ1n) is 7.80. The molecule has 1 aliphatic carbocycles. The number of hydrogen-bond acceptors (Lipinski definition) is 2. The second-order valence-corrected chi connectivity index (χ2v) is 6.08. The highest BCUT2D eigenvalue weighted by molar-refractivity contribution is 5.50. The van der Waals surface area contributed by atoms with Crippen molar-refractivity contribution in [2.75, 3.05) is 18.5 Å². The van der Waals surface area contributed by atoms with Crippen LogP contribution in [0.5, 0.6) is 0 Å². The molecular formula is C17H27FN2. The molecule has 112 valence electrons. The van der Waals surface area contributed by atoms with Gasteiger partial charge in [0.05, 0.1) is 5.69 Å². The molecule has 2 atom stereocenters. The van der Waals surface area contributed by atoms with Crippen molar-refractivity contribution >= 4 is 5.69 Å². The van der Waals surface area contributed by atoms with Gasteiger partial charge in [0, 0.05) is 19.1 Å². The Hall–Kier alpha value is -1.09. The molecule has 0 spiro atoms. The fourth-order valence-corrected chi connectivity index (χ4v) is 2.67. The molecule has 2 rings (SSSR count). The monoisotopic (exact) mass is 278 g/mol. The lowest BCUT2D eigenvalue weighted by Gasteiger charge is -2.28. The maximum atomic E-state index is 14.4. The van der Waals surface area contributed by atoms with Crippen LogP contribution >= 0.6 is 0 Å². The van der Waals surface area contributed by atoms with Crippen LogP contribution in [0.15, 0.2) is 18.2 Å². The van der Waals surface area contributed by atoms with Crippen LogP contribution in [0.2, 0.25) is 0 Å². The third-order valence-electron chi connectivity index (χ3n) is 4.47. The number of anilines is 1. The lowest BCUT2D eigenvalue weighted by atomic mass is 10.1. The molecular weight excluding hydrogens is 251 g/mol. The summed E-state index contributed by atoms with van der Waals surface area (Å²) in [5, 5.41) is 3.40. The minimum absolute atomic E-state index is 0.109. The largest absolute Gasteiger partial charge is 0.369 e. The normalized spacial score (nSPS) is 17.9. The molecule has 0 aliphatic heterocycles. The van der Waals surface area contributed by atoms with Crippen molar-refractivity contribution in [1.29, 1.82) is 0 Å². The Labute approximate surface area is 122 Å². The van der Waals surface area contributed by atoms with Gasteiger partial charge in [-0.15, -0.1) is 0 Å². The van der Waals surface area contributed by atoms with Gasteiger partial charge in [0.15, 0.2) is 0 Å². The summed E-state index contributed by atoms with van der Waals surface area (Å²) < 4.78 is 14.4. The number of nitrogens with one attached hydrogen (secondary N) is 1. The first-order chi connectivity index (χ1) is 9.54. The fourth-order valence-electron chi connectivity index (χ4n) is 2.67. The predicted molar refractivity (Wildman–Crippen MR) is 83.7 cm³/mol. The van der Waals surface area contributed by atoms with E-state index in [1.165, 1.54) is 12.8 Å². The maximum Gasteiger partial charge on any atom is 0.146 e. The van der Waals surface area contributed by atoms with Crippen molar-refractivity contribution < 1.29 is 4.39 Å². The summed E-state index contributed by atoms with van der Waals surface area (Å²) in [6, 6.07) is 6.27. The van der Waals surface area contributed by atoms with Gasteiger partial charge in [-0.1, -0.05) is 13.0 Å². The van der Waals surface area contributed by atoms with Gasteiger partial charge in [-0.05, 0) is 63.3 Å². The van der Waals surface area contributed by atoms with Crippen molar-refractivity contribution in [3.05, 3.63) is 29.6 Å². The van der Waals surface area contributed by atoms with Crippen LogP contribution in [0.1, 0.15) is 51.6 Å². The van der Waals surface area contributed by atoms with Crippen LogP contribution in [0.4, 0.5) is 10.1 Å². The van der Waals surface area contributed by atoms with Crippen LogP contribution in [0, 0.1) is 11.7 Å². The number of benzene rings is 1. The molecule has 0 amide bonds. The van der Waals surface area contributed by atoms with E-state index in [0.717, 1.165) is 30.1 Å². The van der Waals surface area contributed by atoms with Crippen molar-refractivity contribution in [2.45, 2.75) is 52.1 Å². The number of hydrogen-bond donors (Lipinski definition) is 1. The topological polar surface area (TPSA) is 15.3 Å². The van der Waals surface area contributed by atoms with Crippen molar-refractivity contribution in [2.24, 2.45) is 5.92 Å². The molecule has 0 aromatic heterocycles. The van der Waals surface area contributed by atoms with Crippen LogP contribution in [-0.4, -0.2) is 19.6 Å². The van der Waals surface area contributed by atoms with Gasteiger partial charge in [-0.2, -0.15) is 0 Å². The standard InChI is InChI=1S/C17H27FN2/c1-5-10-19-12(2)15-8-9-17(16(18)11-15)20(4)13(3)14-6-7-14/h8-9,11-14,19H,5-7,10H2,1-4H3. The van der Waals surface area contributed by atoms with E-state index in [4.69, 9.17) is 0 Å². The summed E-state index contributed by atoms with van der Waals surface area (Å²) in [7, 11) is 2.00. The average molecular weight is 278 g/mol. The molecule has 0 radical (unpaired) electrons. The van der Waals surface area contributed by atoms with Crippen molar-refractivity contribution in [1.82, 2.24) is 5.32 Å². The smallest absolute Gasteiger partial charge is 0.146 e. The van der Waals surface area contributed by atoms with Gasteiger partial charge < -0.3 is 10.2 Å². The Balaban J connectivity index is 2.08.